The van der Waals surface area contributed by atoms with Crippen molar-refractivity contribution in [2.75, 3.05) is 19.5 Å². The molecule has 0 spiro atoms. The maximum Gasteiger partial charge on any atom is 0.191 e. The second-order valence-electron chi connectivity index (χ2n) is 4.42. The van der Waals surface area contributed by atoms with E-state index in [1.54, 1.807) is 13.2 Å². The van der Waals surface area contributed by atoms with E-state index in [1.807, 2.05) is 24.3 Å². The molecule has 0 saturated heterocycles. The monoisotopic (exact) mass is 333 g/mol. The van der Waals surface area contributed by atoms with Crippen molar-refractivity contribution in [3.63, 3.8) is 0 Å². The Morgan fingerprint density at radius 3 is 2.57 bits per heavy atom. The molecule has 0 unspecified atom stereocenters. The van der Waals surface area contributed by atoms with Gasteiger partial charge >= 0.3 is 0 Å². The largest absolute Gasteiger partial charge is 0.495 e. The molecule has 2 N–H and O–H groups in total. The van der Waals surface area contributed by atoms with Gasteiger partial charge in [-0.05, 0) is 48.1 Å². The van der Waals surface area contributed by atoms with E-state index in [4.69, 9.17) is 21.7 Å². The first-order valence-corrected chi connectivity index (χ1v) is 7.11. The number of hydrogen-bond donors (Lipinski definition) is 2. The Kier molecular flexibility index (Phi) is 5.87. The number of rotatable bonds is 5. The fourth-order valence-electron chi connectivity index (χ4n) is 1.83. The van der Waals surface area contributed by atoms with Crippen molar-refractivity contribution in [3.8, 4) is 11.5 Å². The topological polar surface area (TPSA) is 54.9 Å². The number of ether oxygens (including phenoxy) is 2. The van der Waals surface area contributed by atoms with E-state index in [2.05, 4.69) is 15.8 Å². The lowest BCUT2D eigenvalue weighted by Crippen LogP contribution is -2.24. The molecule has 0 saturated carbocycles. The molecular weight excluding hydrogens is 317 g/mol. The van der Waals surface area contributed by atoms with Crippen LogP contribution in [0.25, 0.3) is 0 Å². The van der Waals surface area contributed by atoms with Gasteiger partial charge < -0.3 is 14.8 Å². The van der Waals surface area contributed by atoms with Crippen molar-refractivity contribution in [2.45, 2.75) is 0 Å². The van der Waals surface area contributed by atoms with Crippen LogP contribution >= 0.6 is 12.2 Å². The van der Waals surface area contributed by atoms with E-state index in [-0.39, 0.29) is 5.75 Å². The number of hydrazone groups is 1. The molecule has 7 heteroatoms. The van der Waals surface area contributed by atoms with Crippen LogP contribution in [0.5, 0.6) is 11.5 Å². The van der Waals surface area contributed by atoms with Crippen LogP contribution in [0, 0.1) is 5.82 Å². The van der Waals surface area contributed by atoms with Crippen LogP contribution in [0.1, 0.15) is 5.56 Å². The number of benzene rings is 2. The predicted octanol–water partition coefficient (Wildman–Crippen LogP) is 3.16. The summed E-state index contributed by atoms with van der Waals surface area (Å²) in [6, 6.07) is 11.9. The van der Waals surface area contributed by atoms with Gasteiger partial charge in [-0.1, -0.05) is 12.1 Å². The van der Waals surface area contributed by atoms with E-state index in [0.29, 0.717) is 16.4 Å². The summed E-state index contributed by atoms with van der Waals surface area (Å²) in [5.74, 6) is 0.396. The summed E-state index contributed by atoms with van der Waals surface area (Å²) in [5.41, 5.74) is 3.96. The maximum absolute atomic E-state index is 13.5. The number of nitrogens with zero attached hydrogens (tertiary/aromatic N) is 1. The number of thiocarbonyl (C=S) groups is 1. The van der Waals surface area contributed by atoms with Crippen molar-refractivity contribution < 1.29 is 13.9 Å². The van der Waals surface area contributed by atoms with Gasteiger partial charge in [-0.2, -0.15) is 5.10 Å². The molecule has 0 amide bonds. The lowest BCUT2D eigenvalue weighted by molar-refractivity contribution is 0.386. The number of anilines is 1. The standard InChI is InChI=1S/C16H16FN3O2S/c1-21-14-8-7-11(9-12(14)17)10-18-20-16(23)19-13-5-3-4-6-15(13)22-2/h3-10H,1-2H3,(H2,19,20,23)/b18-10-. The van der Waals surface area contributed by atoms with Gasteiger partial charge in [0.1, 0.15) is 5.75 Å². The van der Waals surface area contributed by atoms with E-state index < -0.39 is 5.82 Å². The van der Waals surface area contributed by atoms with Crippen molar-refractivity contribution in [1.29, 1.82) is 0 Å². The zero-order valence-electron chi connectivity index (χ0n) is 12.7. The molecule has 5 nitrogen and oxygen atoms in total. The highest BCUT2D eigenvalue weighted by Crippen LogP contribution is 2.22. The molecule has 0 aromatic heterocycles. The molecule has 120 valence electrons. The Labute approximate surface area is 139 Å². The van der Waals surface area contributed by atoms with E-state index in [0.717, 1.165) is 5.69 Å². The normalized spacial score (nSPS) is 10.4. The third kappa shape index (κ3) is 4.65. The van der Waals surface area contributed by atoms with Crippen LogP contribution in [0.2, 0.25) is 0 Å². The van der Waals surface area contributed by atoms with Crippen LogP contribution in [0.4, 0.5) is 10.1 Å². The van der Waals surface area contributed by atoms with E-state index in [1.165, 1.54) is 25.5 Å². The smallest absolute Gasteiger partial charge is 0.191 e. The minimum atomic E-state index is -0.453. The minimum absolute atomic E-state index is 0.184. The Balaban J connectivity index is 1.95. The summed E-state index contributed by atoms with van der Waals surface area (Å²) < 4.78 is 23.6. The second kappa shape index (κ2) is 8.09. The molecule has 0 heterocycles. The lowest BCUT2D eigenvalue weighted by Gasteiger charge is -2.10. The SMILES string of the molecule is COc1ccc(/C=N\NC(=S)Nc2ccccc2OC)cc1F. The molecule has 0 atom stereocenters. The summed E-state index contributed by atoms with van der Waals surface area (Å²) in [7, 11) is 2.99. The zero-order valence-corrected chi connectivity index (χ0v) is 13.5. The highest BCUT2D eigenvalue weighted by molar-refractivity contribution is 7.80. The Morgan fingerprint density at radius 2 is 1.87 bits per heavy atom. The Morgan fingerprint density at radius 1 is 1.13 bits per heavy atom. The fourth-order valence-corrected chi connectivity index (χ4v) is 1.99. The molecule has 23 heavy (non-hydrogen) atoms. The summed E-state index contributed by atoms with van der Waals surface area (Å²) in [5, 5.41) is 7.22. The molecule has 2 aromatic carbocycles. The van der Waals surface area contributed by atoms with Crippen molar-refractivity contribution in [3.05, 3.63) is 53.8 Å². The average molecular weight is 333 g/mol. The summed E-state index contributed by atoms with van der Waals surface area (Å²) in [6.45, 7) is 0. The zero-order chi connectivity index (χ0) is 16.7. The van der Waals surface area contributed by atoms with Crippen LogP contribution in [0.3, 0.4) is 0 Å². The van der Waals surface area contributed by atoms with Gasteiger partial charge in [0.25, 0.3) is 0 Å². The molecule has 2 aromatic rings. The van der Waals surface area contributed by atoms with Gasteiger partial charge in [0.15, 0.2) is 16.7 Å². The first kappa shape index (κ1) is 16.7. The number of nitrogens with one attached hydrogen (secondary N) is 2. The summed E-state index contributed by atoms with van der Waals surface area (Å²) in [4.78, 5) is 0. The molecular formula is C16H16FN3O2S. The van der Waals surface area contributed by atoms with Gasteiger partial charge in [-0.25, -0.2) is 4.39 Å². The number of methoxy groups -OCH3 is 2. The molecule has 0 bridgehead atoms. The number of para-hydroxylation sites is 2. The number of halogens is 1. The average Bonchev–Trinajstić information content (AvgIpc) is 2.55. The van der Waals surface area contributed by atoms with Crippen LogP contribution in [0.15, 0.2) is 47.6 Å². The van der Waals surface area contributed by atoms with Crippen LogP contribution in [-0.4, -0.2) is 25.5 Å². The lowest BCUT2D eigenvalue weighted by atomic mass is 10.2. The minimum Gasteiger partial charge on any atom is -0.495 e. The predicted molar refractivity (Wildman–Crippen MR) is 92.9 cm³/mol. The van der Waals surface area contributed by atoms with Gasteiger partial charge in [0.05, 0.1) is 26.1 Å². The Hall–Kier alpha value is -2.67. The van der Waals surface area contributed by atoms with Gasteiger partial charge in [0, 0.05) is 0 Å². The van der Waals surface area contributed by atoms with Crippen LogP contribution in [-0.2, 0) is 0 Å². The third-order valence-corrected chi connectivity index (χ3v) is 3.10. The molecule has 2 rings (SSSR count). The van der Waals surface area contributed by atoms with Gasteiger partial charge in [-0.15, -0.1) is 0 Å². The molecule has 0 aliphatic heterocycles. The number of hydrogen-bond acceptors (Lipinski definition) is 4. The maximum atomic E-state index is 13.5. The van der Waals surface area contributed by atoms with E-state index in [9.17, 15) is 4.39 Å². The molecule has 0 radical (unpaired) electrons. The van der Waals surface area contributed by atoms with Gasteiger partial charge in [0.2, 0.25) is 0 Å². The molecule has 0 aliphatic rings. The summed E-state index contributed by atoms with van der Waals surface area (Å²) in [6.07, 6.45) is 1.46. The molecule has 0 fully saturated rings. The summed E-state index contributed by atoms with van der Waals surface area (Å²) >= 11 is 5.14. The van der Waals surface area contributed by atoms with E-state index >= 15 is 0 Å². The Bertz CT molecular complexity index is 722. The van der Waals surface area contributed by atoms with Crippen molar-refractivity contribution in [1.82, 2.24) is 5.43 Å². The first-order valence-electron chi connectivity index (χ1n) is 6.70. The van der Waals surface area contributed by atoms with Crippen LogP contribution < -0.4 is 20.2 Å². The quantitative estimate of drug-likeness (QED) is 0.500. The fraction of sp³-hybridized carbons (Fsp3) is 0.125. The third-order valence-electron chi connectivity index (χ3n) is 2.91. The first-order chi connectivity index (χ1) is 11.1. The second-order valence-corrected chi connectivity index (χ2v) is 4.83. The molecule has 0 aliphatic carbocycles. The van der Waals surface area contributed by atoms with Crippen molar-refractivity contribution >= 4 is 29.2 Å². The van der Waals surface area contributed by atoms with Gasteiger partial charge in [-0.3, -0.25) is 5.43 Å². The highest BCUT2D eigenvalue weighted by atomic mass is 32.1. The van der Waals surface area contributed by atoms with Crippen molar-refractivity contribution in [2.24, 2.45) is 5.10 Å². The highest BCUT2D eigenvalue weighted by Gasteiger charge is 2.03.